The van der Waals surface area contributed by atoms with Gasteiger partial charge in [-0.15, -0.1) is 11.3 Å². The van der Waals surface area contributed by atoms with E-state index in [2.05, 4.69) is 15.7 Å². The molecular weight excluding hydrogens is 436 g/mol. The van der Waals surface area contributed by atoms with Gasteiger partial charge in [-0.2, -0.15) is 5.01 Å². The highest BCUT2D eigenvalue weighted by atomic mass is 35.5. The summed E-state index contributed by atoms with van der Waals surface area (Å²) in [7, 11) is 0. The second-order valence-corrected chi connectivity index (χ2v) is 8.51. The number of hydrogen-bond donors (Lipinski definition) is 2. The van der Waals surface area contributed by atoms with Crippen LogP contribution < -0.4 is 10.7 Å². The molecule has 2 N–H and O–H groups in total. The van der Waals surface area contributed by atoms with Crippen LogP contribution in [0.5, 0.6) is 0 Å². The van der Waals surface area contributed by atoms with Crippen molar-refractivity contribution in [3.8, 4) is 10.6 Å². The number of imide groups is 1. The zero-order valence-electron chi connectivity index (χ0n) is 16.8. The number of carbonyl (C=O) groups excluding carboxylic acids is 3. The van der Waals surface area contributed by atoms with E-state index in [0.29, 0.717) is 32.6 Å². The zero-order chi connectivity index (χ0) is 22.2. The fourth-order valence-corrected chi connectivity index (χ4v) is 4.60. The molecule has 2 aromatic carbocycles. The van der Waals surface area contributed by atoms with E-state index < -0.39 is 23.4 Å². The molecule has 158 valence electrons. The minimum absolute atomic E-state index is 0.319. The fraction of sp³-hybridized carbons (Fsp3) is 0.182. The molecule has 3 aromatic rings. The smallest absolute Gasteiger partial charge is 0.318 e. The summed E-state index contributed by atoms with van der Waals surface area (Å²) in [6.45, 7) is 3.51. The van der Waals surface area contributed by atoms with Gasteiger partial charge < -0.3 is 5.32 Å². The van der Waals surface area contributed by atoms with Gasteiger partial charge in [0, 0.05) is 10.6 Å². The first-order chi connectivity index (χ1) is 14.9. The highest BCUT2D eigenvalue weighted by Crippen LogP contribution is 2.32. The molecule has 0 radical (unpaired) electrons. The molecule has 0 bridgehead atoms. The Morgan fingerprint density at radius 3 is 2.48 bits per heavy atom. The Kier molecular flexibility index (Phi) is 5.51. The van der Waals surface area contributed by atoms with E-state index in [1.807, 2.05) is 25.1 Å². The molecule has 31 heavy (non-hydrogen) atoms. The highest BCUT2D eigenvalue weighted by Gasteiger charge is 2.52. The average Bonchev–Trinajstić information content (AvgIpc) is 3.28. The van der Waals surface area contributed by atoms with Crippen molar-refractivity contribution in [2.45, 2.75) is 25.8 Å². The topological polar surface area (TPSA) is 91.4 Å². The number of thiazole rings is 1. The summed E-state index contributed by atoms with van der Waals surface area (Å²) in [4.78, 5) is 43.5. The summed E-state index contributed by atoms with van der Waals surface area (Å²) >= 11 is 7.11. The molecule has 1 aromatic heterocycles. The van der Waals surface area contributed by atoms with Gasteiger partial charge in [-0.1, -0.05) is 61.0 Å². The van der Waals surface area contributed by atoms with E-state index in [1.165, 1.54) is 11.3 Å². The van der Waals surface area contributed by atoms with Gasteiger partial charge >= 0.3 is 6.03 Å². The summed E-state index contributed by atoms with van der Waals surface area (Å²) in [6, 6.07) is 15.4. The monoisotopic (exact) mass is 454 g/mol. The summed E-state index contributed by atoms with van der Waals surface area (Å²) in [6.07, 6.45) is 0.342. The average molecular weight is 455 g/mol. The third-order valence-electron chi connectivity index (χ3n) is 5.20. The minimum Gasteiger partial charge on any atom is -0.318 e. The van der Waals surface area contributed by atoms with E-state index in [4.69, 9.17) is 11.6 Å². The summed E-state index contributed by atoms with van der Waals surface area (Å²) < 4.78 is 0. The molecule has 0 aliphatic carbocycles. The van der Waals surface area contributed by atoms with E-state index in [0.717, 1.165) is 10.6 Å². The van der Waals surface area contributed by atoms with E-state index in [-0.39, 0.29) is 0 Å². The number of nitrogens with zero attached hydrogens (tertiary/aromatic N) is 2. The lowest BCUT2D eigenvalue weighted by Gasteiger charge is -2.25. The Balaban J connectivity index is 1.58. The summed E-state index contributed by atoms with van der Waals surface area (Å²) in [5.74, 6) is -1.10. The van der Waals surface area contributed by atoms with Crippen LogP contribution in [0.4, 0.5) is 4.79 Å². The maximum Gasteiger partial charge on any atom is 0.344 e. The van der Waals surface area contributed by atoms with Gasteiger partial charge in [-0.3, -0.25) is 15.0 Å². The molecule has 7 nitrogen and oxygen atoms in total. The molecule has 1 saturated heterocycles. The molecule has 1 fully saturated rings. The Labute approximate surface area is 188 Å². The van der Waals surface area contributed by atoms with Crippen LogP contribution >= 0.6 is 22.9 Å². The van der Waals surface area contributed by atoms with Crippen LogP contribution in [0, 0.1) is 6.92 Å². The molecule has 1 aliphatic heterocycles. The van der Waals surface area contributed by atoms with Crippen LogP contribution in [0.2, 0.25) is 5.02 Å². The van der Waals surface area contributed by atoms with Crippen LogP contribution in [0.15, 0.2) is 54.6 Å². The van der Waals surface area contributed by atoms with Gasteiger partial charge in [0.15, 0.2) is 0 Å². The predicted molar refractivity (Wildman–Crippen MR) is 119 cm³/mol. The van der Waals surface area contributed by atoms with E-state index >= 15 is 0 Å². The van der Waals surface area contributed by atoms with Crippen LogP contribution in [0.3, 0.4) is 0 Å². The van der Waals surface area contributed by atoms with Crippen LogP contribution in [-0.4, -0.2) is 27.8 Å². The van der Waals surface area contributed by atoms with Crippen LogP contribution in [-0.2, 0) is 10.3 Å². The van der Waals surface area contributed by atoms with Crippen molar-refractivity contribution in [1.29, 1.82) is 0 Å². The summed E-state index contributed by atoms with van der Waals surface area (Å²) in [5.41, 5.74) is 3.21. The van der Waals surface area contributed by atoms with Crippen molar-refractivity contribution >= 4 is 40.8 Å². The number of halogens is 1. The lowest BCUT2D eigenvalue weighted by Crippen LogP contribution is -2.48. The maximum absolute atomic E-state index is 13.2. The van der Waals surface area contributed by atoms with Crippen molar-refractivity contribution in [1.82, 2.24) is 20.7 Å². The van der Waals surface area contributed by atoms with E-state index in [1.54, 1.807) is 43.3 Å². The third kappa shape index (κ3) is 3.68. The molecule has 1 unspecified atom stereocenters. The lowest BCUT2D eigenvalue weighted by molar-refractivity contribution is -0.133. The lowest BCUT2D eigenvalue weighted by atomic mass is 9.87. The van der Waals surface area contributed by atoms with Gasteiger partial charge in [0.2, 0.25) is 0 Å². The van der Waals surface area contributed by atoms with Crippen LogP contribution in [0.25, 0.3) is 10.6 Å². The molecule has 0 saturated carbocycles. The first-order valence-corrected chi connectivity index (χ1v) is 10.8. The Hall–Kier alpha value is -3.23. The molecule has 2 heterocycles. The molecular formula is C22H19ClN4O3S. The van der Waals surface area contributed by atoms with Gasteiger partial charge in [-0.25, -0.2) is 9.78 Å². The van der Waals surface area contributed by atoms with Crippen molar-refractivity contribution in [2.75, 3.05) is 0 Å². The molecule has 0 spiro atoms. The molecule has 9 heteroatoms. The largest absolute Gasteiger partial charge is 0.344 e. The SMILES string of the molecule is CCC1(c2ccccc2)NC(=O)N(NC(=O)c2sc(-c3ccc(Cl)cc3)nc2C)C1=O. The van der Waals surface area contributed by atoms with E-state index in [9.17, 15) is 14.4 Å². The zero-order valence-corrected chi connectivity index (χ0v) is 18.4. The minimum atomic E-state index is -1.22. The first-order valence-electron chi connectivity index (χ1n) is 9.62. The Morgan fingerprint density at radius 2 is 1.84 bits per heavy atom. The quantitative estimate of drug-likeness (QED) is 0.563. The molecule has 1 atom stereocenters. The Bertz CT molecular complexity index is 1160. The standard InChI is InChI=1S/C22H19ClN4O3S/c1-3-22(15-7-5-4-6-8-15)20(29)27(21(30)25-22)26-18(28)17-13(2)24-19(31-17)14-9-11-16(23)12-10-14/h4-12H,3H2,1-2H3,(H,25,30)(H,26,28). The molecule has 4 amide bonds. The number of nitrogens with one attached hydrogen (secondary N) is 2. The second kappa shape index (κ2) is 8.13. The first kappa shape index (κ1) is 21.0. The number of hydrogen-bond acceptors (Lipinski definition) is 5. The van der Waals surface area contributed by atoms with Crippen molar-refractivity contribution in [3.05, 3.63) is 75.8 Å². The second-order valence-electron chi connectivity index (χ2n) is 7.08. The van der Waals surface area contributed by atoms with Crippen molar-refractivity contribution in [2.24, 2.45) is 0 Å². The summed E-state index contributed by atoms with van der Waals surface area (Å²) in [5, 5.41) is 4.73. The van der Waals surface area contributed by atoms with Gasteiger partial charge in [-0.05, 0) is 31.0 Å². The van der Waals surface area contributed by atoms with Gasteiger partial charge in [0.25, 0.3) is 11.8 Å². The maximum atomic E-state index is 13.2. The van der Waals surface area contributed by atoms with Crippen molar-refractivity contribution < 1.29 is 14.4 Å². The number of urea groups is 1. The molecule has 4 rings (SSSR count). The number of benzene rings is 2. The normalized spacial score (nSPS) is 18.2. The fourth-order valence-electron chi connectivity index (χ4n) is 3.51. The number of rotatable bonds is 5. The number of aromatic nitrogens is 1. The number of aryl methyl sites for hydroxylation is 1. The number of hydrazine groups is 1. The van der Waals surface area contributed by atoms with Crippen LogP contribution in [0.1, 0.15) is 34.3 Å². The molecule has 1 aliphatic rings. The number of amides is 4. The third-order valence-corrected chi connectivity index (χ3v) is 6.65. The number of carbonyl (C=O) groups is 3. The van der Waals surface area contributed by atoms with Gasteiger partial charge in [0.05, 0.1) is 5.69 Å². The highest BCUT2D eigenvalue weighted by molar-refractivity contribution is 7.17. The van der Waals surface area contributed by atoms with Gasteiger partial charge in [0.1, 0.15) is 15.4 Å². The Morgan fingerprint density at radius 1 is 1.16 bits per heavy atom. The van der Waals surface area contributed by atoms with Crippen molar-refractivity contribution in [3.63, 3.8) is 0 Å². The predicted octanol–water partition coefficient (Wildman–Crippen LogP) is 4.27.